The van der Waals surface area contributed by atoms with Gasteiger partial charge in [0.05, 0.1) is 0 Å². The fraction of sp³-hybridized carbons (Fsp3) is 0.571. The first-order chi connectivity index (χ1) is 7.09. The smallest absolute Gasteiger partial charge is 0.0454 e. The van der Waals surface area contributed by atoms with Crippen LogP contribution in [-0.4, -0.2) is 0 Å². The van der Waals surface area contributed by atoms with Gasteiger partial charge in [0.25, 0.3) is 0 Å². The molecule has 82 valence electrons. The van der Waals surface area contributed by atoms with Crippen molar-refractivity contribution in [1.82, 2.24) is 0 Å². The molecule has 0 N–H and O–H groups in total. The molecule has 15 heavy (non-hydrogen) atoms. The Hall–Kier alpha value is -0.300. The molecule has 0 saturated heterocycles. The zero-order valence-corrected chi connectivity index (χ0v) is 11.4. The van der Waals surface area contributed by atoms with Crippen molar-refractivity contribution in [3.63, 3.8) is 0 Å². The SMILES string of the molecule is CCC1(C(Br)c2cc(C)ccc2C)CC1. The van der Waals surface area contributed by atoms with Gasteiger partial charge in [-0.25, -0.2) is 0 Å². The number of rotatable bonds is 3. The van der Waals surface area contributed by atoms with Crippen LogP contribution in [0.1, 0.15) is 47.7 Å². The van der Waals surface area contributed by atoms with Crippen LogP contribution in [0.4, 0.5) is 0 Å². The molecule has 1 heteroatoms. The maximum absolute atomic E-state index is 3.92. The summed E-state index contributed by atoms with van der Waals surface area (Å²) in [7, 11) is 0. The standard InChI is InChI=1S/C14H19Br/c1-4-14(7-8-14)13(15)12-9-10(2)5-6-11(12)3/h5-6,9,13H,4,7-8H2,1-3H3. The lowest BCUT2D eigenvalue weighted by atomic mass is 9.90. The molecule has 1 atom stereocenters. The normalized spacial score (nSPS) is 20.0. The molecule has 2 rings (SSSR count). The predicted molar refractivity (Wildman–Crippen MR) is 69.5 cm³/mol. The van der Waals surface area contributed by atoms with Gasteiger partial charge >= 0.3 is 0 Å². The van der Waals surface area contributed by atoms with Gasteiger partial charge in [0, 0.05) is 4.83 Å². The van der Waals surface area contributed by atoms with Crippen molar-refractivity contribution in [2.75, 3.05) is 0 Å². The summed E-state index contributed by atoms with van der Waals surface area (Å²) in [4.78, 5) is 0.551. The van der Waals surface area contributed by atoms with Gasteiger partial charge in [-0.2, -0.15) is 0 Å². The van der Waals surface area contributed by atoms with Crippen molar-refractivity contribution >= 4 is 15.9 Å². The van der Waals surface area contributed by atoms with Crippen molar-refractivity contribution in [3.8, 4) is 0 Å². The van der Waals surface area contributed by atoms with E-state index >= 15 is 0 Å². The Bertz CT molecular complexity index is 364. The van der Waals surface area contributed by atoms with Crippen LogP contribution in [-0.2, 0) is 0 Å². The molecule has 0 radical (unpaired) electrons. The summed E-state index contributed by atoms with van der Waals surface area (Å²) < 4.78 is 0. The Kier molecular flexibility index (Phi) is 2.94. The molecule has 0 nitrogen and oxygen atoms in total. The lowest BCUT2D eigenvalue weighted by Crippen LogP contribution is -2.08. The summed E-state index contributed by atoms with van der Waals surface area (Å²) >= 11 is 3.92. The number of hydrogen-bond acceptors (Lipinski definition) is 0. The van der Waals surface area contributed by atoms with Gasteiger partial charge in [0.1, 0.15) is 0 Å². The van der Waals surface area contributed by atoms with Gasteiger partial charge in [-0.15, -0.1) is 0 Å². The molecular formula is C14H19Br. The van der Waals surface area contributed by atoms with Crippen LogP contribution in [0.5, 0.6) is 0 Å². The molecule has 0 spiro atoms. The van der Waals surface area contributed by atoms with Crippen molar-refractivity contribution in [2.24, 2.45) is 5.41 Å². The maximum Gasteiger partial charge on any atom is 0.0454 e. The maximum atomic E-state index is 3.92. The summed E-state index contributed by atoms with van der Waals surface area (Å²) in [5.41, 5.74) is 4.84. The third-order valence-corrected chi connectivity index (χ3v) is 5.31. The van der Waals surface area contributed by atoms with E-state index in [1.807, 2.05) is 0 Å². The molecule has 1 aromatic rings. The molecule has 1 saturated carbocycles. The van der Waals surface area contributed by atoms with Crippen LogP contribution in [0, 0.1) is 19.3 Å². The topological polar surface area (TPSA) is 0 Å². The molecule has 0 amide bonds. The number of aryl methyl sites for hydroxylation is 2. The van der Waals surface area contributed by atoms with Gasteiger partial charge in [-0.3, -0.25) is 0 Å². The molecule has 1 fully saturated rings. The average Bonchev–Trinajstić information content (AvgIpc) is 3.01. The molecular weight excluding hydrogens is 248 g/mol. The Morgan fingerprint density at radius 2 is 2.00 bits per heavy atom. The second-order valence-electron chi connectivity index (χ2n) is 4.94. The zero-order valence-electron chi connectivity index (χ0n) is 9.81. The summed E-state index contributed by atoms with van der Waals surface area (Å²) in [5.74, 6) is 0. The van der Waals surface area contributed by atoms with Crippen molar-refractivity contribution < 1.29 is 0 Å². The average molecular weight is 267 g/mol. The van der Waals surface area contributed by atoms with E-state index in [2.05, 4.69) is 54.9 Å². The molecule has 0 aliphatic heterocycles. The molecule has 1 unspecified atom stereocenters. The van der Waals surface area contributed by atoms with Gasteiger partial charge in [0.15, 0.2) is 0 Å². The van der Waals surface area contributed by atoms with E-state index in [4.69, 9.17) is 0 Å². The van der Waals surface area contributed by atoms with Crippen molar-refractivity contribution in [2.45, 2.75) is 44.9 Å². The molecule has 1 aromatic carbocycles. The Balaban J connectivity index is 2.32. The summed E-state index contributed by atoms with van der Waals surface area (Å²) in [6.07, 6.45) is 4.05. The van der Waals surface area contributed by atoms with Crippen LogP contribution in [0.2, 0.25) is 0 Å². The Morgan fingerprint density at radius 3 is 2.53 bits per heavy atom. The third kappa shape index (κ3) is 1.99. The fourth-order valence-electron chi connectivity index (χ4n) is 2.31. The summed E-state index contributed by atoms with van der Waals surface area (Å²) in [5, 5.41) is 0. The lowest BCUT2D eigenvalue weighted by Gasteiger charge is -2.22. The highest BCUT2D eigenvalue weighted by Crippen LogP contribution is 2.61. The number of alkyl halides is 1. The van der Waals surface area contributed by atoms with E-state index < -0.39 is 0 Å². The van der Waals surface area contributed by atoms with E-state index in [1.165, 1.54) is 36.0 Å². The quantitative estimate of drug-likeness (QED) is 0.681. The second kappa shape index (κ2) is 3.93. The predicted octanol–water partition coefficient (Wildman–Crippen LogP) is 4.93. The van der Waals surface area contributed by atoms with E-state index in [-0.39, 0.29) is 0 Å². The number of benzene rings is 1. The first-order valence-corrected chi connectivity index (χ1v) is 6.72. The largest absolute Gasteiger partial charge is 0.0833 e. The van der Waals surface area contributed by atoms with Crippen molar-refractivity contribution in [3.05, 3.63) is 34.9 Å². The minimum absolute atomic E-state index is 0.551. The molecule has 0 aromatic heterocycles. The number of halogens is 1. The minimum Gasteiger partial charge on any atom is -0.0833 e. The lowest BCUT2D eigenvalue weighted by molar-refractivity contribution is 0.483. The van der Waals surface area contributed by atoms with Crippen molar-refractivity contribution in [1.29, 1.82) is 0 Å². The van der Waals surface area contributed by atoms with Crippen LogP contribution < -0.4 is 0 Å². The van der Waals surface area contributed by atoms with Gasteiger partial charge in [0.2, 0.25) is 0 Å². The van der Waals surface area contributed by atoms with Gasteiger partial charge in [-0.1, -0.05) is 46.6 Å². The molecule has 1 aliphatic carbocycles. The highest BCUT2D eigenvalue weighted by Gasteiger charge is 2.47. The first-order valence-electron chi connectivity index (χ1n) is 5.80. The molecule has 0 bridgehead atoms. The highest BCUT2D eigenvalue weighted by molar-refractivity contribution is 9.09. The van der Waals surface area contributed by atoms with E-state index in [9.17, 15) is 0 Å². The highest BCUT2D eigenvalue weighted by atomic mass is 79.9. The van der Waals surface area contributed by atoms with Crippen LogP contribution in [0.15, 0.2) is 18.2 Å². The van der Waals surface area contributed by atoms with Crippen LogP contribution in [0.3, 0.4) is 0 Å². The Labute approximate surface area is 101 Å². The van der Waals surface area contributed by atoms with E-state index in [0.29, 0.717) is 10.2 Å². The zero-order chi connectivity index (χ0) is 11.1. The molecule has 1 aliphatic rings. The van der Waals surface area contributed by atoms with Crippen LogP contribution in [0.25, 0.3) is 0 Å². The monoisotopic (exact) mass is 266 g/mol. The number of hydrogen-bond donors (Lipinski definition) is 0. The minimum atomic E-state index is 0.551. The summed E-state index contributed by atoms with van der Waals surface area (Å²) in [6.45, 7) is 6.70. The first kappa shape index (κ1) is 11.2. The molecule has 0 heterocycles. The second-order valence-corrected chi connectivity index (χ2v) is 5.85. The summed E-state index contributed by atoms with van der Waals surface area (Å²) in [6, 6.07) is 6.78. The van der Waals surface area contributed by atoms with E-state index in [0.717, 1.165) is 0 Å². The fourth-order valence-corrected chi connectivity index (χ4v) is 3.58. The van der Waals surface area contributed by atoms with Gasteiger partial charge < -0.3 is 0 Å². The van der Waals surface area contributed by atoms with E-state index in [1.54, 1.807) is 0 Å². The van der Waals surface area contributed by atoms with Crippen LogP contribution >= 0.6 is 15.9 Å². The van der Waals surface area contributed by atoms with Gasteiger partial charge in [-0.05, 0) is 49.7 Å². The Morgan fingerprint density at radius 1 is 1.33 bits per heavy atom. The third-order valence-electron chi connectivity index (χ3n) is 3.84.